The summed E-state index contributed by atoms with van der Waals surface area (Å²) in [5.41, 5.74) is 6.20. The molecule has 1 heterocycles. The van der Waals surface area contributed by atoms with Gasteiger partial charge in [0.05, 0.1) is 0 Å². The van der Waals surface area contributed by atoms with Gasteiger partial charge < -0.3 is 4.98 Å². The first-order valence-electron chi connectivity index (χ1n) is 8.30. The molecular weight excluding hydrogens is 290 g/mol. The molecule has 0 atom stereocenters. The Labute approximate surface area is 140 Å². The fourth-order valence-electron chi connectivity index (χ4n) is 3.60. The summed E-state index contributed by atoms with van der Waals surface area (Å²) in [7, 11) is 0. The Morgan fingerprint density at radius 3 is 2.25 bits per heavy atom. The lowest BCUT2D eigenvalue weighted by atomic mass is 9.99. The van der Waals surface area contributed by atoms with Gasteiger partial charge in [-0.25, -0.2) is 0 Å². The second-order valence-electron chi connectivity index (χ2n) is 6.46. The molecule has 1 aromatic heterocycles. The molecule has 5 rings (SSSR count). The number of nitrogens with one attached hydrogen (secondary N) is 1. The van der Waals surface area contributed by atoms with Gasteiger partial charge in [-0.05, 0) is 47.0 Å². The van der Waals surface area contributed by atoms with Gasteiger partial charge in [0, 0.05) is 21.8 Å². The van der Waals surface area contributed by atoms with Crippen molar-refractivity contribution in [3.63, 3.8) is 0 Å². The summed E-state index contributed by atoms with van der Waals surface area (Å²) in [5, 5.41) is 5.20. The third kappa shape index (κ3) is 1.95. The van der Waals surface area contributed by atoms with E-state index in [9.17, 15) is 0 Å². The molecule has 0 aliphatic carbocycles. The number of hydrogen-bond donors (Lipinski definition) is 1. The highest BCUT2D eigenvalue weighted by atomic mass is 14.7. The van der Waals surface area contributed by atoms with Crippen LogP contribution in [0.5, 0.6) is 0 Å². The first-order valence-corrected chi connectivity index (χ1v) is 8.30. The van der Waals surface area contributed by atoms with Crippen molar-refractivity contribution in [3.8, 4) is 11.1 Å². The van der Waals surface area contributed by atoms with Crippen LogP contribution < -0.4 is 0 Å². The smallest absolute Gasteiger partial charge is 0.0471 e. The average molecular weight is 307 g/mol. The summed E-state index contributed by atoms with van der Waals surface area (Å²) >= 11 is 0. The summed E-state index contributed by atoms with van der Waals surface area (Å²) in [6, 6.07) is 28.4. The normalized spacial score (nSPS) is 11.5. The molecule has 0 fully saturated rings. The molecule has 0 saturated carbocycles. The first kappa shape index (κ1) is 13.4. The lowest BCUT2D eigenvalue weighted by Gasteiger charge is -2.04. The van der Waals surface area contributed by atoms with Crippen LogP contribution in [0.25, 0.3) is 43.7 Å². The molecule has 0 unspecified atom stereocenters. The second-order valence-corrected chi connectivity index (χ2v) is 6.46. The molecule has 0 aliphatic heterocycles. The third-order valence-electron chi connectivity index (χ3n) is 4.87. The van der Waals surface area contributed by atoms with E-state index in [4.69, 9.17) is 0 Å². The Morgan fingerprint density at radius 2 is 1.38 bits per heavy atom. The lowest BCUT2D eigenvalue weighted by molar-refractivity contribution is 1.47. The predicted octanol–water partition coefficient (Wildman–Crippen LogP) is 6.45. The highest BCUT2D eigenvalue weighted by Gasteiger charge is 2.09. The lowest BCUT2D eigenvalue weighted by Crippen LogP contribution is -1.79. The van der Waals surface area contributed by atoms with E-state index in [1.54, 1.807) is 0 Å². The van der Waals surface area contributed by atoms with Gasteiger partial charge in [0.2, 0.25) is 0 Å². The fourth-order valence-corrected chi connectivity index (χ4v) is 3.60. The van der Waals surface area contributed by atoms with Gasteiger partial charge in [0.25, 0.3) is 0 Å². The van der Waals surface area contributed by atoms with Crippen molar-refractivity contribution < 1.29 is 0 Å². The maximum absolute atomic E-state index is 3.56. The number of H-pyrrole nitrogens is 1. The molecule has 0 aliphatic rings. The molecule has 1 nitrogen and oxygen atoms in total. The van der Waals surface area contributed by atoms with E-state index in [1.165, 1.54) is 49.3 Å². The molecule has 1 heteroatoms. The van der Waals surface area contributed by atoms with Crippen molar-refractivity contribution in [2.75, 3.05) is 0 Å². The highest BCUT2D eigenvalue weighted by Crippen LogP contribution is 2.34. The van der Waals surface area contributed by atoms with Crippen LogP contribution in [-0.4, -0.2) is 4.98 Å². The largest absolute Gasteiger partial charge is 0.354 e. The quantitative estimate of drug-likeness (QED) is 0.366. The van der Waals surface area contributed by atoms with Crippen LogP contribution in [0.4, 0.5) is 0 Å². The second kappa shape index (κ2) is 4.97. The SMILES string of the molecule is Cc1ccc(-c2ccc3[nH]c4ccc5ccccc5c4c3c2)cc1. The maximum atomic E-state index is 3.56. The number of benzene rings is 4. The Balaban J connectivity index is 1.86. The molecule has 0 amide bonds. The Kier molecular flexibility index (Phi) is 2.77. The van der Waals surface area contributed by atoms with Crippen LogP contribution in [0.1, 0.15) is 5.56 Å². The van der Waals surface area contributed by atoms with Crippen LogP contribution in [0, 0.1) is 6.92 Å². The number of aromatic amines is 1. The first-order chi connectivity index (χ1) is 11.8. The van der Waals surface area contributed by atoms with Crippen molar-refractivity contribution in [1.29, 1.82) is 0 Å². The molecule has 0 bridgehead atoms. The number of aromatic nitrogens is 1. The summed E-state index contributed by atoms with van der Waals surface area (Å²) in [5.74, 6) is 0. The zero-order valence-corrected chi connectivity index (χ0v) is 13.5. The van der Waals surface area contributed by atoms with Gasteiger partial charge in [0.1, 0.15) is 0 Å². The van der Waals surface area contributed by atoms with E-state index in [2.05, 4.69) is 90.8 Å². The highest BCUT2D eigenvalue weighted by molar-refractivity contribution is 6.20. The van der Waals surface area contributed by atoms with Crippen LogP contribution >= 0.6 is 0 Å². The van der Waals surface area contributed by atoms with Crippen molar-refractivity contribution in [1.82, 2.24) is 4.98 Å². The standard InChI is InChI=1S/C23H17N/c1-15-6-8-16(9-7-15)18-11-12-21-20(14-18)23-19-5-3-2-4-17(19)10-13-22(23)24-21/h2-14,24H,1H3. The van der Waals surface area contributed by atoms with Crippen molar-refractivity contribution in [3.05, 3.63) is 84.4 Å². The van der Waals surface area contributed by atoms with Crippen molar-refractivity contribution in [2.45, 2.75) is 6.92 Å². The van der Waals surface area contributed by atoms with Gasteiger partial charge in [-0.2, -0.15) is 0 Å². The van der Waals surface area contributed by atoms with Gasteiger partial charge in [-0.15, -0.1) is 0 Å². The monoisotopic (exact) mass is 307 g/mol. The molecular formula is C23H17N. The van der Waals surface area contributed by atoms with E-state index < -0.39 is 0 Å². The molecule has 4 aromatic carbocycles. The molecule has 0 spiro atoms. The minimum absolute atomic E-state index is 1.19. The molecule has 24 heavy (non-hydrogen) atoms. The topological polar surface area (TPSA) is 15.8 Å². The van der Waals surface area contributed by atoms with Crippen LogP contribution in [0.2, 0.25) is 0 Å². The van der Waals surface area contributed by atoms with E-state index in [0.717, 1.165) is 0 Å². The zero-order valence-electron chi connectivity index (χ0n) is 13.5. The van der Waals surface area contributed by atoms with E-state index >= 15 is 0 Å². The average Bonchev–Trinajstić information content (AvgIpc) is 3.00. The summed E-state index contributed by atoms with van der Waals surface area (Å²) in [4.78, 5) is 3.56. The van der Waals surface area contributed by atoms with Gasteiger partial charge >= 0.3 is 0 Å². The minimum atomic E-state index is 1.19. The van der Waals surface area contributed by atoms with Gasteiger partial charge in [-0.3, -0.25) is 0 Å². The van der Waals surface area contributed by atoms with Crippen LogP contribution in [0.15, 0.2) is 78.9 Å². The van der Waals surface area contributed by atoms with Crippen LogP contribution in [-0.2, 0) is 0 Å². The predicted molar refractivity (Wildman–Crippen MR) is 103 cm³/mol. The summed E-state index contributed by atoms with van der Waals surface area (Å²) in [6.07, 6.45) is 0. The summed E-state index contributed by atoms with van der Waals surface area (Å²) < 4.78 is 0. The zero-order chi connectivity index (χ0) is 16.1. The van der Waals surface area contributed by atoms with Crippen molar-refractivity contribution >= 4 is 32.6 Å². The number of aryl methyl sites for hydroxylation is 1. The van der Waals surface area contributed by atoms with Gasteiger partial charge in [-0.1, -0.05) is 66.2 Å². The number of hydrogen-bond acceptors (Lipinski definition) is 0. The van der Waals surface area contributed by atoms with Crippen LogP contribution in [0.3, 0.4) is 0 Å². The Bertz CT molecular complexity index is 1190. The summed E-state index contributed by atoms with van der Waals surface area (Å²) in [6.45, 7) is 2.12. The van der Waals surface area contributed by atoms with Crippen molar-refractivity contribution in [2.24, 2.45) is 0 Å². The van der Waals surface area contributed by atoms with Gasteiger partial charge in [0.15, 0.2) is 0 Å². The Morgan fingerprint density at radius 1 is 0.625 bits per heavy atom. The number of fused-ring (bicyclic) bond motifs is 5. The molecule has 1 N–H and O–H groups in total. The minimum Gasteiger partial charge on any atom is -0.354 e. The number of rotatable bonds is 1. The fraction of sp³-hybridized carbons (Fsp3) is 0.0435. The third-order valence-corrected chi connectivity index (χ3v) is 4.87. The molecule has 0 saturated heterocycles. The Hall–Kier alpha value is -3.06. The maximum Gasteiger partial charge on any atom is 0.0471 e. The van der Waals surface area contributed by atoms with E-state index in [1.807, 2.05) is 0 Å². The molecule has 0 radical (unpaired) electrons. The van der Waals surface area contributed by atoms with E-state index in [-0.39, 0.29) is 0 Å². The molecule has 5 aromatic rings. The van der Waals surface area contributed by atoms with E-state index in [0.29, 0.717) is 0 Å². The molecule has 114 valence electrons.